The zero-order chi connectivity index (χ0) is 15.0. The van der Waals surface area contributed by atoms with Crippen molar-refractivity contribution in [3.63, 3.8) is 0 Å². The van der Waals surface area contributed by atoms with E-state index in [2.05, 4.69) is 4.72 Å². The Kier molecular flexibility index (Phi) is 4.08. The van der Waals surface area contributed by atoms with Gasteiger partial charge in [-0.15, -0.1) is 0 Å². The summed E-state index contributed by atoms with van der Waals surface area (Å²) in [4.78, 5) is 0.0906. The third kappa shape index (κ3) is 2.97. The van der Waals surface area contributed by atoms with Gasteiger partial charge in [-0.2, -0.15) is 0 Å². The monoisotopic (exact) mass is 318 g/mol. The summed E-state index contributed by atoms with van der Waals surface area (Å²) < 4.78 is 50.2. The molecule has 2 rings (SSSR count). The van der Waals surface area contributed by atoms with Crippen molar-refractivity contribution < 1.29 is 16.8 Å². The smallest absolute Gasteiger partial charge is 0.240 e. The highest BCUT2D eigenvalue weighted by molar-refractivity contribution is 7.92. The maximum atomic E-state index is 12.2. The lowest BCUT2D eigenvalue weighted by molar-refractivity contribution is 0.570. The molecule has 0 aromatic heterocycles. The van der Waals surface area contributed by atoms with E-state index in [1.165, 1.54) is 6.07 Å². The summed E-state index contributed by atoms with van der Waals surface area (Å²) in [6.45, 7) is 1.54. The summed E-state index contributed by atoms with van der Waals surface area (Å²) in [7, 11) is -6.91. The molecular formula is C12H18N2O4S2. The van der Waals surface area contributed by atoms with Crippen LogP contribution in [0.4, 0.5) is 5.69 Å². The molecule has 0 spiro atoms. The Bertz CT molecular complexity index is 711. The van der Waals surface area contributed by atoms with Crippen LogP contribution in [0.2, 0.25) is 0 Å². The predicted molar refractivity (Wildman–Crippen MR) is 77.6 cm³/mol. The van der Waals surface area contributed by atoms with Crippen LogP contribution in [0.1, 0.15) is 18.4 Å². The van der Waals surface area contributed by atoms with Crippen LogP contribution in [-0.2, 0) is 19.9 Å². The van der Waals surface area contributed by atoms with Gasteiger partial charge >= 0.3 is 0 Å². The van der Waals surface area contributed by atoms with Crippen LogP contribution < -0.4 is 10.5 Å². The minimum absolute atomic E-state index is 0.0844. The Hall–Kier alpha value is -1.12. The van der Waals surface area contributed by atoms with Crippen molar-refractivity contribution in [3.8, 4) is 0 Å². The second-order valence-electron chi connectivity index (χ2n) is 4.95. The maximum Gasteiger partial charge on any atom is 0.240 e. The first-order valence-electron chi connectivity index (χ1n) is 6.30. The molecule has 1 atom stereocenters. The van der Waals surface area contributed by atoms with E-state index in [9.17, 15) is 16.8 Å². The topological polar surface area (TPSA) is 106 Å². The molecule has 3 N–H and O–H groups in total. The molecule has 1 heterocycles. The zero-order valence-corrected chi connectivity index (χ0v) is 12.8. The van der Waals surface area contributed by atoms with E-state index in [-0.39, 0.29) is 17.2 Å². The van der Waals surface area contributed by atoms with Gasteiger partial charge in [-0.05, 0) is 37.5 Å². The van der Waals surface area contributed by atoms with E-state index in [0.29, 0.717) is 24.1 Å². The standard InChI is InChI=1S/C12H18N2O4S2/c1-9-11(13)5-2-6-12(9)20(17,18)14-8-10-4-3-7-19(10,15)16/h2,5-6,10,14H,3-4,7-8,13H2,1H3. The summed E-state index contributed by atoms with van der Waals surface area (Å²) in [5.41, 5.74) is 6.55. The summed E-state index contributed by atoms with van der Waals surface area (Å²) in [5, 5.41) is -0.626. The number of nitrogens with two attached hydrogens (primary N) is 1. The number of nitrogen functional groups attached to an aromatic ring is 1. The van der Waals surface area contributed by atoms with E-state index in [1.54, 1.807) is 19.1 Å². The number of nitrogens with one attached hydrogen (secondary N) is 1. The second-order valence-corrected chi connectivity index (χ2v) is 9.09. The average molecular weight is 318 g/mol. The first-order chi connectivity index (χ1) is 9.24. The third-order valence-electron chi connectivity index (χ3n) is 3.58. The Morgan fingerprint density at radius 2 is 2.10 bits per heavy atom. The van der Waals surface area contributed by atoms with Gasteiger partial charge in [0.15, 0.2) is 9.84 Å². The first kappa shape index (κ1) is 15.3. The lowest BCUT2D eigenvalue weighted by atomic mass is 10.2. The molecule has 8 heteroatoms. The highest BCUT2D eigenvalue weighted by Gasteiger charge is 2.32. The number of rotatable bonds is 4. The molecular weight excluding hydrogens is 300 g/mol. The lowest BCUT2D eigenvalue weighted by Gasteiger charge is -2.13. The number of sulfone groups is 1. The van der Waals surface area contributed by atoms with Gasteiger partial charge in [-0.1, -0.05) is 6.07 Å². The Balaban J connectivity index is 2.18. The fourth-order valence-corrected chi connectivity index (χ4v) is 5.52. The molecule has 0 saturated carbocycles. The highest BCUT2D eigenvalue weighted by Crippen LogP contribution is 2.22. The summed E-state index contributed by atoms with van der Waals surface area (Å²) >= 11 is 0. The molecule has 20 heavy (non-hydrogen) atoms. The van der Waals surface area contributed by atoms with Crippen molar-refractivity contribution in [1.29, 1.82) is 0 Å². The van der Waals surface area contributed by atoms with Crippen molar-refractivity contribution in [2.24, 2.45) is 0 Å². The number of anilines is 1. The average Bonchev–Trinajstić information content (AvgIpc) is 2.69. The SMILES string of the molecule is Cc1c(N)cccc1S(=O)(=O)NCC1CCCS1(=O)=O. The quantitative estimate of drug-likeness (QED) is 0.783. The first-order valence-corrected chi connectivity index (χ1v) is 9.50. The largest absolute Gasteiger partial charge is 0.398 e. The Morgan fingerprint density at radius 3 is 2.70 bits per heavy atom. The zero-order valence-electron chi connectivity index (χ0n) is 11.2. The van der Waals surface area contributed by atoms with Crippen molar-refractivity contribution in [1.82, 2.24) is 4.72 Å². The van der Waals surface area contributed by atoms with E-state index in [1.807, 2.05) is 0 Å². The third-order valence-corrected chi connectivity index (χ3v) is 7.42. The van der Waals surface area contributed by atoms with Crippen LogP contribution in [0.15, 0.2) is 23.1 Å². The van der Waals surface area contributed by atoms with E-state index in [0.717, 1.165) is 0 Å². The summed E-state index contributed by atoms with van der Waals surface area (Å²) in [6, 6.07) is 4.64. The number of hydrogen-bond donors (Lipinski definition) is 2. The van der Waals surface area contributed by atoms with Gasteiger partial charge in [-0.25, -0.2) is 21.6 Å². The van der Waals surface area contributed by atoms with Crippen molar-refractivity contribution >= 4 is 25.5 Å². The summed E-state index contributed by atoms with van der Waals surface area (Å²) in [6.07, 6.45) is 1.09. The fourth-order valence-electron chi connectivity index (χ4n) is 2.29. The molecule has 1 aliphatic heterocycles. The molecule has 0 bridgehead atoms. The second kappa shape index (κ2) is 5.34. The minimum atomic E-state index is -3.75. The van der Waals surface area contributed by atoms with Crippen molar-refractivity contribution in [2.75, 3.05) is 18.0 Å². The molecule has 1 fully saturated rings. The van der Waals surface area contributed by atoms with Gasteiger partial charge in [-0.3, -0.25) is 0 Å². The number of sulfonamides is 1. The highest BCUT2D eigenvalue weighted by atomic mass is 32.2. The Morgan fingerprint density at radius 1 is 1.40 bits per heavy atom. The number of benzene rings is 1. The van der Waals surface area contributed by atoms with E-state index < -0.39 is 25.1 Å². The molecule has 1 saturated heterocycles. The molecule has 1 unspecified atom stereocenters. The molecule has 112 valence electrons. The van der Waals surface area contributed by atoms with Crippen LogP contribution in [-0.4, -0.2) is 34.4 Å². The van der Waals surface area contributed by atoms with Gasteiger partial charge in [0.05, 0.1) is 15.9 Å². The predicted octanol–water partition coefficient (Wildman–Crippen LogP) is 0.433. The molecule has 1 aromatic rings. The van der Waals surface area contributed by atoms with Crippen LogP contribution in [0.5, 0.6) is 0 Å². The Labute approximate surface area is 119 Å². The van der Waals surface area contributed by atoms with Crippen LogP contribution in [0, 0.1) is 6.92 Å². The molecule has 0 radical (unpaired) electrons. The van der Waals surface area contributed by atoms with Gasteiger partial charge in [0, 0.05) is 12.2 Å². The van der Waals surface area contributed by atoms with E-state index >= 15 is 0 Å². The van der Waals surface area contributed by atoms with E-state index in [4.69, 9.17) is 5.73 Å². The molecule has 1 aliphatic rings. The normalized spacial score (nSPS) is 21.9. The van der Waals surface area contributed by atoms with Gasteiger partial charge < -0.3 is 5.73 Å². The molecule has 0 aliphatic carbocycles. The lowest BCUT2D eigenvalue weighted by Crippen LogP contribution is -2.34. The van der Waals surface area contributed by atoms with Gasteiger partial charge in [0.1, 0.15) is 0 Å². The van der Waals surface area contributed by atoms with Crippen LogP contribution >= 0.6 is 0 Å². The number of hydrogen-bond acceptors (Lipinski definition) is 5. The molecule has 0 amide bonds. The van der Waals surface area contributed by atoms with Crippen LogP contribution in [0.3, 0.4) is 0 Å². The van der Waals surface area contributed by atoms with Gasteiger partial charge in [0.2, 0.25) is 10.0 Å². The van der Waals surface area contributed by atoms with Gasteiger partial charge in [0.25, 0.3) is 0 Å². The molecule has 6 nitrogen and oxygen atoms in total. The molecule has 1 aromatic carbocycles. The van der Waals surface area contributed by atoms with Crippen molar-refractivity contribution in [2.45, 2.75) is 29.9 Å². The summed E-state index contributed by atoms with van der Waals surface area (Å²) in [5.74, 6) is 0.136. The fraction of sp³-hybridized carbons (Fsp3) is 0.500. The van der Waals surface area contributed by atoms with Crippen LogP contribution in [0.25, 0.3) is 0 Å². The maximum absolute atomic E-state index is 12.2. The minimum Gasteiger partial charge on any atom is -0.398 e. The van der Waals surface area contributed by atoms with Crippen molar-refractivity contribution in [3.05, 3.63) is 23.8 Å².